The topological polar surface area (TPSA) is 84.2 Å². The minimum Gasteiger partial charge on any atom is -0.348 e. The maximum atomic E-state index is 12.5. The molecule has 0 aliphatic carbocycles. The molecule has 1 rings (SSSR count). The molecule has 2 amide bonds. The summed E-state index contributed by atoms with van der Waals surface area (Å²) in [7, 11) is 0. The number of amides is 2. The van der Waals surface area contributed by atoms with Crippen molar-refractivity contribution in [1.82, 2.24) is 10.6 Å². The molecule has 2 unspecified atom stereocenters. The van der Waals surface area contributed by atoms with Gasteiger partial charge < -0.3 is 16.4 Å². The van der Waals surface area contributed by atoms with Crippen LogP contribution in [0.3, 0.4) is 0 Å². The second-order valence-corrected chi connectivity index (χ2v) is 6.15. The van der Waals surface area contributed by atoms with Crippen LogP contribution in [-0.2, 0) is 9.59 Å². The molecule has 0 saturated carbocycles. The molecule has 4 N–H and O–H groups in total. The van der Waals surface area contributed by atoms with Crippen LogP contribution in [0.2, 0.25) is 0 Å². The minimum absolute atomic E-state index is 0.0621. The SMILES string of the molecule is CCCC(NC(=O)CCCCCN)C(=O)NC(C)c1ccccc1. The number of hydrogen-bond donors (Lipinski definition) is 3. The van der Waals surface area contributed by atoms with Gasteiger partial charge in [-0.1, -0.05) is 50.1 Å². The molecule has 134 valence electrons. The number of benzene rings is 1. The Labute approximate surface area is 145 Å². The predicted octanol–water partition coefficient (Wildman–Crippen LogP) is 2.67. The fraction of sp³-hybridized carbons (Fsp3) is 0.579. The van der Waals surface area contributed by atoms with Crippen molar-refractivity contribution >= 4 is 11.8 Å². The number of rotatable bonds is 11. The normalized spacial score (nSPS) is 13.1. The lowest BCUT2D eigenvalue weighted by molar-refractivity contribution is -0.129. The van der Waals surface area contributed by atoms with Crippen molar-refractivity contribution in [2.24, 2.45) is 5.73 Å². The van der Waals surface area contributed by atoms with Gasteiger partial charge >= 0.3 is 0 Å². The van der Waals surface area contributed by atoms with E-state index in [-0.39, 0.29) is 17.9 Å². The van der Waals surface area contributed by atoms with E-state index in [4.69, 9.17) is 5.73 Å². The third-order valence-corrected chi connectivity index (χ3v) is 4.00. The summed E-state index contributed by atoms with van der Waals surface area (Å²) in [6.07, 6.45) is 4.61. The number of carbonyl (C=O) groups is 2. The summed E-state index contributed by atoms with van der Waals surface area (Å²) in [4.78, 5) is 24.5. The Bertz CT molecular complexity index is 491. The Morgan fingerprint density at radius 2 is 1.79 bits per heavy atom. The Hall–Kier alpha value is -1.88. The Balaban J connectivity index is 2.50. The molecule has 0 bridgehead atoms. The molecule has 0 heterocycles. The molecule has 0 aliphatic heterocycles. The third kappa shape index (κ3) is 7.59. The summed E-state index contributed by atoms with van der Waals surface area (Å²) in [5, 5.41) is 5.86. The maximum Gasteiger partial charge on any atom is 0.243 e. The number of hydrogen-bond acceptors (Lipinski definition) is 3. The van der Waals surface area contributed by atoms with E-state index in [9.17, 15) is 9.59 Å². The smallest absolute Gasteiger partial charge is 0.243 e. The van der Waals surface area contributed by atoms with Gasteiger partial charge in [-0.2, -0.15) is 0 Å². The molecule has 0 aliphatic rings. The zero-order chi connectivity index (χ0) is 17.8. The van der Waals surface area contributed by atoms with Gasteiger partial charge in [-0.05, 0) is 38.3 Å². The van der Waals surface area contributed by atoms with Crippen LogP contribution in [0.25, 0.3) is 0 Å². The van der Waals surface area contributed by atoms with Crippen LogP contribution in [0, 0.1) is 0 Å². The molecular formula is C19H31N3O2. The van der Waals surface area contributed by atoms with Gasteiger partial charge in [0.05, 0.1) is 6.04 Å². The highest BCUT2D eigenvalue weighted by atomic mass is 16.2. The van der Waals surface area contributed by atoms with E-state index in [1.165, 1.54) is 0 Å². The molecule has 24 heavy (non-hydrogen) atoms. The van der Waals surface area contributed by atoms with Crippen molar-refractivity contribution in [1.29, 1.82) is 0 Å². The standard InChI is InChI=1S/C19H31N3O2/c1-3-10-17(22-18(23)13-8-5-9-14-20)19(24)21-15(2)16-11-6-4-7-12-16/h4,6-7,11-12,15,17H,3,5,8-10,13-14,20H2,1-2H3,(H,21,24)(H,22,23). The molecule has 5 nitrogen and oxygen atoms in total. The Kier molecular flexibility index (Phi) is 9.77. The van der Waals surface area contributed by atoms with Crippen LogP contribution < -0.4 is 16.4 Å². The van der Waals surface area contributed by atoms with Crippen LogP contribution in [-0.4, -0.2) is 24.4 Å². The van der Waals surface area contributed by atoms with E-state index in [0.29, 0.717) is 19.4 Å². The van der Waals surface area contributed by atoms with Crippen LogP contribution in [0.1, 0.15) is 64.0 Å². The lowest BCUT2D eigenvalue weighted by atomic mass is 10.1. The maximum absolute atomic E-state index is 12.5. The van der Waals surface area contributed by atoms with Crippen molar-refractivity contribution in [3.63, 3.8) is 0 Å². The quantitative estimate of drug-likeness (QED) is 0.544. The number of carbonyl (C=O) groups excluding carboxylic acids is 2. The van der Waals surface area contributed by atoms with Gasteiger partial charge in [0.2, 0.25) is 11.8 Å². The van der Waals surface area contributed by atoms with E-state index in [1.807, 2.05) is 44.2 Å². The molecule has 0 saturated heterocycles. The third-order valence-electron chi connectivity index (χ3n) is 4.00. The van der Waals surface area contributed by atoms with E-state index in [2.05, 4.69) is 10.6 Å². The number of unbranched alkanes of at least 4 members (excludes halogenated alkanes) is 2. The summed E-state index contributed by atoms with van der Waals surface area (Å²) >= 11 is 0. The van der Waals surface area contributed by atoms with Gasteiger partial charge in [0.25, 0.3) is 0 Å². The van der Waals surface area contributed by atoms with E-state index in [1.54, 1.807) is 0 Å². The average Bonchev–Trinajstić information content (AvgIpc) is 2.59. The van der Waals surface area contributed by atoms with Gasteiger partial charge in [-0.15, -0.1) is 0 Å². The van der Waals surface area contributed by atoms with Crippen LogP contribution in [0.5, 0.6) is 0 Å². The fourth-order valence-corrected chi connectivity index (χ4v) is 2.57. The monoisotopic (exact) mass is 333 g/mol. The Morgan fingerprint density at radius 1 is 1.08 bits per heavy atom. The largest absolute Gasteiger partial charge is 0.348 e. The number of nitrogens with one attached hydrogen (secondary N) is 2. The summed E-state index contributed by atoms with van der Waals surface area (Å²) < 4.78 is 0. The zero-order valence-electron chi connectivity index (χ0n) is 14.9. The second kappa shape index (κ2) is 11.6. The first-order chi connectivity index (χ1) is 11.6. The van der Waals surface area contributed by atoms with Gasteiger partial charge in [0, 0.05) is 6.42 Å². The van der Waals surface area contributed by atoms with Crippen molar-refractivity contribution in [3.8, 4) is 0 Å². The molecule has 5 heteroatoms. The van der Waals surface area contributed by atoms with Crippen LogP contribution >= 0.6 is 0 Å². The predicted molar refractivity (Wildman–Crippen MR) is 97.4 cm³/mol. The van der Waals surface area contributed by atoms with Crippen LogP contribution in [0.4, 0.5) is 0 Å². The van der Waals surface area contributed by atoms with Crippen molar-refractivity contribution in [2.45, 2.75) is 64.5 Å². The van der Waals surface area contributed by atoms with Gasteiger partial charge in [-0.25, -0.2) is 0 Å². The molecule has 0 spiro atoms. The molecule has 0 fully saturated rings. The van der Waals surface area contributed by atoms with Gasteiger partial charge in [-0.3, -0.25) is 9.59 Å². The van der Waals surface area contributed by atoms with E-state index < -0.39 is 6.04 Å². The molecule has 0 aromatic heterocycles. The van der Waals surface area contributed by atoms with Crippen molar-refractivity contribution in [2.75, 3.05) is 6.54 Å². The zero-order valence-corrected chi connectivity index (χ0v) is 14.9. The first-order valence-electron chi connectivity index (χ1n) is 8.93. The molecule has 0 radical (unpaired) electrons. The Morgan fingerprint density at radius 3 is 2.42 bits per heavy atom. The highest BCUT2D eigenvalue weighted by Gasteiger charge is 2.21. The average molecular weight is 333 g/mol. The van der Waals surface area contributed by atoms with Gasteiger partial charge in [0.1, 0.15) is 6.04 Å². The minimum atomic E-state index is -0.469. The van der Waals surface area contributed by atoms with Crippen molar-refractivity contribution < 1.29 is 9.59 Å². The first kappa shape index (κ1) is 20.2. The molecule has 1 aromatic rings. The van der Waals surface area contributed by atoms with E-state index in [0.717, 1.165) is 31.2 Å². The van der Waals surface area contributed by atoms with E-state index >= 15 is 0 Å². The lowest BCUT2D eigenvalue weighted by Gasteiger charge is -2.21. The summed E-state index contributed by atoms with van der Waals surface area (Å²) in [5.41, 5.74) is 6.50. The summed E-state index contributed by atoms with van der Waals surface area (Å²) in [6.45, 7) is 4.61. The van der Waals surface area contributed by atoms with Crippen molar-refractivity contribution in [3.05, 3.63) is 35.9 Å². The first-order valence-corrected chi connectivity index (χ1v) is 8.93. The second-order valence-electron chi connectivity index (χ2n) is 6.15. The molecular weight excluding hydrogens is 302 g/mol. The summed E-state index contributed by atoms with van der Waals surface area (Å²) in [5.74, 6) is -0.184. The highest BCUT2D eigenvalue weighted by Crippen LogP contribution is 2.12. The number of nitrogens with two attached hydrogens (primary N) is 1. The molecule has 1 aromatic carbocycles. The van der Waals surface area contributed by atoms with Gasteiger partial charge in [0.15, 0.2) is 0 Å². The van der Waals surface area contributed by atoms with Crippen LogP contribution in [0.15, 0.2) is 30.3 Å². The molecule has 2 atom stereocenters. The lowest BCUT2D eigenvalue weighted by Crippen LogP contribution is -2.47. The fourth-order valence-electron chi connectivity index (χ4n) is 2.57. The highest BCUT2D eigenvalue weighted by molar-refractivity contribution is 5.87. The summed E-state index contributed by atoms with van der Waals surface area (Å²) in [6, 6.07) is 9.26.